The Morgan fingerprint density at radius 1 is 1.40 bits per heavy atom. The van der Waals surface area contributed by atoms with Gasteiger partial charge in [-0.2, -0.15) is 0 Å². The lowest BCUT2D eigenvalue weighted by Gasteiger charge is -1.99. The molecule has 15 heavy (non-hydrogen) atoms. The molecule has 1 N–H and O–H groups in total. The van der Waals surface area contributed by atoms with E-state index in [9.17, 15) is 13.6 Å². The molecule has 0 unspecified atom stereocenters. The Labute approximate surface area is 84.6 Å². The minimum atomic E-state index is -1.08. The van der Waals surface area contributed by atoms with E-state index in [0.717, 1.165) is 18.2 Å². The van der Waals surface area contributed by atoms with Crippen molar-refractivity contribution in [1.29, 1.82) is 0 Å². The van der Waals surface area contributed by atoms with Gasteiger partial charge in [-0.05, 0) is 23.8 Å². The van der Waals surface area contributed by atoms with Gasteiger partial charge in [-0.3, -0.25) is 0 Å². The number of ether oxygens (including phenoxy) is 1. The van der Waals surface area contributed by atoms with Crippen molar-refractivity contribution in [3.05, 3.63) is 35.4 Å². The van der Waals surface area contributed by atoms with Crippen LogP contribution in [0.3, 0.4) is 0 Å². The SMILES string of the molecule is COC(=O)C=Cc1cc(F)c(O)c(F)c1. The summed E-state index contributed by atoms with van der Waals surface area (Å²) in [5.74, 6) is -3.84. The van der Waals surface area contributed by atoms with Crippen LogP contribution >= 0.6 is 0 Å². The molecule has 0 heterocycles. The molecule has 80 valence electrons. The molecule has 0 aliphatic carbocycles. The second kappa shape index (κ2) is 4.54. The third kappa shape index (κ3) is 2.77. The number of phenols is 1. The highest BCUT2D eigenvalue weighted by Gasteiger charge is 2.08. The fourth-order valence-corrected chi connectivity index (χ4v) is 0.914. The van der Waals surface area contributed by atoms with Crippen molar-refractivity contribution >= 4 is 12.0 Å². The molecular formula is C10H8F2O3. The molecule has 0 amide bonds. The first kappa shape index (κ1) is 11.2. The number of hydrogen-bond donors (Lipinski definition) is 1. The van der Waals surface area contributed by atoms with Gasteiger partial charge in [0.15, 0.2) is 17.4 Å². The third-order valence-corrected chi connectivity index (χ3v) is 1.65. The number of carbonyl (C=O) groups excluding carboxylic acids is 1. The molecule has 5 heteroatoms. The summed E-state index contributed by atoms with van der Waals surface area (Å²) in [6.45, 7) is 0. The lowest BCUT2D eigenvalue weighted by Crippen LogP contribution is -1.93. The van der Waals surface area contributed by atoms with E-state index in [1.807, 2.05) is 0 Å². The standard InChI is InChI=1S/C10H8F2O3/c1-15-9(13)3-2-6-4-7(11)10(14)8(12)5-6/h2-5,14H,1H3. The van der Waals surface area contributed by atoms with Gasteiger partial charge < -0.3 is 9.84 Å². The van der Waals surface area contributed by atoms with Gasteiger partial charge in [0.05, 0.1) is 7.11 Å². The van der Waals surface area contributed by atoms with Gasteiger partial charge in [-0.25, -0.2) is 13.6 Å². The fraction of sp³-hybridized carbons (Fsp3) is 0.100. The number of hydrogen-bond acceptors (Lipinski definition) is 3. The summed E-state index contributed by atoms with van der Waals surface area (Å²) in [6.07, 6.45) is 2.20. The maximum Gasteiger partial charge on any atom is 0.330 e. The van der Waals surface area contributed by atoms with Crippen LogP contribution in [-0.2, 0) is 9.53 Å². The largest absolute Gasteiger partial charge is 0.503 e. The van der Waals surface area contributed by atoms with Crippen molar-refractivity contribution in [3.8, 4) is 5.75 Å². The van der Waals surface area contributed by atoms with Crippen molar-refractivity contribution in [2.45, 2.75) is 0 Å². The number of aromatic hydroxyl groups is 1. The zero-order chi connectivity index (χ0) is 11.4. The van der Waals surface area contributed by atoms with Gasteiger partial charge in [-0.15, -0.1) is 0 Å². The molecule has 0 fully saturated rings. The van der Waals surface area contributed by atoms with Crippen LogP contribution in [0.4, 0.5) is 8.78 Å². The molecule has 0 saturated heterocycles. The van der Waals surface area contributed by atoms with Crippen LogP contribution in [-0.4, -0.2) is 18.2 Å². The van der Waals surface area contributed by atoms with Crippen LogP contribution in [0.2, 0.25) is 0 Å². The molecule has 0 aliphatic rings. The van der Waals surface area contributed by atoms with Crippen LogP contribution < -0.4 is 0 Å². The molecular weight excluding hydrogens is 206 g/mol. The van der Waals surface area contributed by atoms with Gasteiger partial charge in [0.2, 0.25) is 0 Å². The predicted octanol–water partition coefficient (Wildman–Crippen LogP) is 1.86. The summed E-state index contributed by atoms with van der Waals surface area (Å²) in [4.78, 5) is 10.7. The van der Waals surface area contributed by atoms with Crippen molar-refractivity contribution < 1.29 is 23.4 Å². The van der Waals surface area contributed by atoms with E-state index in [-0.39, 0.29) is 5.56 Å². The maximum atomic E-state index is 12.8. The zero-order valence-corrected chi connectivity index (χ0v) is 7.83. The van der Waals surface area contributed by atoms with Gasteiger partial charge in [0, 0.05) is 6.08 Å². The van der Waals surface area contributed by atoms with Gasteiger partial charge in [-0.1, -0.05) is 0 Å². The van der Waals surface area contributed by atoms with Crippen molar-refractivity contribution in [2.24, 2.45) is 0 Å². The molecule has 1 aromatic rings. The summed E-state index contributed by atoms with van der Waals surface area (Å²) in [6, 6.07) is 1.80. The second-order valence-corrected chi connectivity index (χ2v) is 2.69. The first-order valence-corrected chi connectivity index (χ1v) is 3.98. The van der Waals surface area contributed by atoms with Gasteiger partial charge >= 0.3 is 5.97 Å². The summed E-state index contributed by atoms with van der Waals surface area (Å²) in [5.41, 5.74) is 0.119. The normalized spacial score (nSPS) is 10.6. The van der Waals surface area contributed by atoms with E-state index in [0.29, 0.717) is 0 Å². The monoisotopic (exact) mass is 214 g/mol. The third-order valence-electron chi connectivity index (χ3n) is 1.65. The number of esters is 1. The molecule has 3 nitrogen and oxygen atoms in total. The summed E-state index contributed by atoms with van der Waals surface area (Å²) < 4.78 is 29.9. The van der Waals surface area contributed by atoms with Crippen molar-refractivity contribution in [3.63, 3.8) is 0 Å². The molecule has 0 atom stereocenters. The number of halogens is 2. The van der Waals surface area contributed by atoms with E-state index in [1.54, 1.807) is 0 Å². The number of rotatable bonds is 2. The average Bonchev–Trinajstić information content (AvgIpc) is 2.22. The molecule has 0 saturated carbocycles. The van der Waals surface area contributed by atoms with Crippen LogP contribution in [0.15, 0.2) is 18.2 Å². The summed E-state index contributed by atoms with van der Waals surface area (Å²) in [7, 11) is 1.19. The molecule has 0 spiro atoms. The Kier molecular flexibility index (Phi) is 3.38. The van der Waals surface area contributed by atoms with Gasteiger partial charge in [0.1, 0.15) is 0 Å². The van der Waals surface area contributed by atoms with Crippen LogP contribution in [0.5, 0.6) is 5.75 Å². The minimum absolute atomic E-state index is 0.119. The van der Waals surface area contributed by atoms with Crippen molar-refractivity contribution in [2.75, 3.05) is 7.11 Å². The van der Waals surface area contributed by atoms with Crippen LogP contribution in [0, 0.1) is 11.6 Å². The number of carbonyl (C=O) groups is 1. The van der Waals surface area contributed by atoms with Gasteiger partial charge in [0.25, 0.3) is 0 Å². The lowest BCUT2D eigenvalue weighted by molar-refractivity contribution is -0.134. The highest BCUT2D eigenvalue weighted by atomic mass is 19.1. The summed E-state index contributed by atoms with van der Waals surface area (Å²) >= 11 is 0. The van der Waals surface area contributed by atoms with E-state index in [1.165, 1.54) is 13.2 Å². The topological polar surface area (TPSA) is 46.5 Å². The minimum Gasteiger partial charge on any atom is -0.503 e. The highest BCUT2D eigenvalue weighted by molar-refractivity contribution is 5.86. The zero-order valence-electron chi connectivity index (χ0n) is 7.83. The Balaban J connectivity index is 2.97. The predicted molar refractivity (Wildman–Crippen MR) is 49.1 cm³/mol. The molecule has 1 aromatic carbocycles. The average molecular weight is 214 g/mol. The summed E-state index contributed by atoms with van der Waals surface area (Å²) in [5, 5.41) is 8.79. The Morgan fingerprint density at radius 3 is 2.40 bits per heavy atom. The number of phenolic OH excluding ortho intramolecular Hbond substituents is 1. The maximum absolute atomic E-state index is 12.8. The molecule has 0 bridgehead atoms. The highest BCUT2D eigenvalue weighted by Crippen LogP contribution is 2.21. The van der Waals surface area contributed by atoms with Crippen LogP contribution in [0.25, 0.3) is 6.08 Å². The number of methoxy groups -OCH3 is 1. The van der Waals surface area contributed by atoms with E-state index in [4.69, 9.17) is 5.11 Å². The first-order valence-electron chi connectivity index (χ1n) is 3.98. The smallest absolute Gasteiger partial charge is 0.330 e. The Hall–Kier alpha value is -1.91. The Bertz CT molecular complexity index is 390. The van der Waals surface area contributed by atoms with E-state index in [2.05, 4.69) is 4.74 Å². The van der Waals surface area contributed by atoms with E-state index < -0.39 is 23.4 Å². The molecule has 0 aromatic heterocycles. The Morgan fingerprint density at radius 2 is 1.93 bits per heavy atom. The number of benzene rings is 1. The fourth-order valence-electron chi connectivity index (χ4n) is 0.914. The quantitative estimate of drug-likeness (QED) is 0.603. The van der Waals surface area contributed by atoms with Crippen LogP contribution in [0.1, 0.15) is 5.56 Å². The molecule has 1 rings (SSSR count). The van der Waals surface area contributed by atoms with E-state index >= 15 is 0 Å². The molecule has 0 radical (unpaired) electrons. The lowest BCUT2D eigenvalue weighted by atomic mass is 10.2. The molecule has 0 aliphatic heterocycles. The van der Waals surface area contributed by atoms with Crippen molar-refractivity contribution in [1.82, 2.24) is 0 Å². The second-order valence-electron chi connectivity index (χ2n) is 2.69. The first-order chi connectivity index (χ1) is 7.04.